The van der Waals surface area contributed by atoms with Crippen molar-refractivity contribution in [1.29, 1.82) is 0 Å². The summed E-state index contributed by atoms with van der Waals surface area (Å²) in [7, 11) is 0. The molecular formula is C16H26Br4N2O4. The van der Waals surface area contributed by atoms with Crippen molar-refractivity contribution in [3.63, 3.8) is 0 Å². The molecule has 0 aromatic carbocycles. The largest absolute Gasteiger partial charge is 0.450 e. The summed E-state index contributed by atoms with van der Waals surface area (Å²) < 4.78 is 11.4. The Morgan fingerprint density at radius 2 is 1.15 bits per heavy atom. The summed E-state index contributed by atoms with van der Waals surface area (Å²) in [6.45, 7) is 5.94. The average Bonchev–Trinajstić information content (AvgIpc) is 2.65. The standard InChI is InChI=1S/2C8H13Br2NO2/c2*1-2-3-4-13-8(12)11-6-7(10)5-9/h2*5H,2-4,6H2,1H3,(H,11,12)/b2*7-5-. The molecule has 26 heavy (non-hydrogen) atoms. The number of halogens is 4. The van der Waals surface area contributed by atoms with Gasteiger partial charge in [-0.25, -0.2) is 9.59 Å². The molecule has 0 heterocycles. The number of unbranched alkanes of at least 4 members (excludes halogenated alkanes) is 2. The van der Waals surface area contributed by atoms with Crippen molar-refractivity contribution in [2.24, 2.45) is 0 Å². The molecule has 0 aromatic heterocycles. The third-order valence-electron chi connectivity index (χ3n) is 2.50. The summed E-state index contributed by atoms with van der Waals surface area (Å²) >= 11 is 12.7. The van der Waals surface area contributed by atoms with Crippen LogP contribution in [0, 0.1) is 0 Å². The Kier molecular flexibility index (Phi) is 23.0. The number of hydrogen-bond donors (Lipinski definition) is 2. The molecule has 0 unspecified atom stereocenters. The van der Waals surface area contributed by atoms with E-state index in [9.17, 15) is 9.59 Å². The molecule has 10 heteroatoms. The third kappa shape index (κ3) is 22.0. The summed E-state index contributed by atoms with van der Waals surface area (Å²) in [5.74, 6) is 0. The number of amides is 2. The zero-order valence-electron chi connectivity index (χ0n) is 15.0. The zero-order valence-corrected chi connectivity index (χ0v) is 21.3. The van der Waals surface area contributed by atoms with Gasteiger partial charge < -0.3 is 20.1 Å². The molecule has 0 aliphatic heterocycles. The number of ether oxygens (including phenoxy) is 2. The first-order valence-corrected chi connectivity index (χ1v) is 11.5. The van der Waals surface area contributed by atoms with E-state index in [1.54, 1.807) is 9.97 Å². The molecule has 6 nitrogen and oxygen atoms in total. The molecule has 0 radical (unpaired) electrons. The molecule has 2 amide bonds. The number of carbonyl (C=O) groups excluding carboxylic acids is 2. The van der Waals surface area contributed by atoms with E-state index in [4.69, 9.17) is 9.47 Å². The molecule has 0 saturated heterocycles. The first-order chi connectivity index (χ1) is 12.4. The van der Waals surface area contributed by atoms with Crippen LogP contribution < -0.4 is 10.6 Å². The molecule has 2 N–H and O–H groups in total. The van der Waals surface area contributed by atoms with Crippen LogP contribution in [0.25, 0.3) is 0 Å². The summed E-state index contributed by atoms with van der Waals surface area (Å²) in [4.78, 5) is 25.3. The average molecular weight is 630 g/mol. The van der Waals surface area contributed by atoms with E-state index in [2.05, 4.69) is 74.4 Å². The molecule has 0 rings (SSSR count). The molecular weight excluding hydrogens is 604 g/mol. The number of carbonyl (C=O) groups is 2. The van der Waals surface area contributed by atoms with Crippen LogP contribution in [0.4, 0.5) is 9.59 Å². The topological polar surface area (TPSA) is 76.7 Å². The van der Waals surface area contributed by atoms with Crippen LogP contribution in [0.2, 0.25) is 0 Å². The predicted octanol–water partition coefficient (Wildman–Crippen LogP) is 6.29. The lowest BCUT2D eigenvalue weighted by molar-refractivity contribution is 0.144. The maximum atomic E-state index is 10.9. The molecule has 0 bridgehead atoms. The minimum Gasteiger partial charge on any atom is -0.450 e. The van der Waals surface area contributed by atoms with Crippen LogP contribution in [-0.4, -0.2) is 38.5 Å². The Morgan fingerprint density at radius 1 is 0.808 bits per heavy atom. The quantitative estimate of drug-likeness (QED) is 0.279. The Balaban J connectivity index is 0. The summed E-state index contributed by atoms with van der Waals surface area (Å²) in [5, 5.41) is 5.17. The zero-order chi connectivity index (χ0) is 20.2. The molecule has 0 aliphatic carbocycles. The van der Waals surface area contributed by atoms with Gasteiger partial charge in [0.1, 0.15) is 0 Å². The van der Waals surface area contributed by atoms with E-state index in [0.29, 0.717) is 26.3 Å². The highest BCUT2D eigenvalue weighted by molar-refractivity contribution is 9.14. The van der Waals surface area contributed by atoms with Gasteiger partial charge in [0.15, 0.2) is 0 Å². The Labute approximate surface area is 189 Å². The van der Waals surface area contributed by atoms with E-state index >= 15 is 0 Å². The Morgan fingerprint density at radius 3 is 1.42 bits per heavy atom. The SMILES string of the molecule is CCCCOC(=O)NC/C(Br)=C/Br.CCCCOC(=O)NC/C(Br)=C/Br. The first kappa shape index (κ1) is 28.2. The second-order valence-corrected chi connectivity index (χ2v) is 7.75. The molecule has 0 aromatic rings. The Hall–Kier alpha value is -0.0600. The number of alkyl carbamates (subject to hydrolysis) is 2. The minimum atomic E-state index is -0.375. The molecule has 0 fully saturated rings. The van der Waals surface area contributed by atoms with Crippen LogP contribution in [0.1, 0.15) is 39.5 Å². The third-order valence-corrected chi connectivity index (χ3v) is 5.85. The molecule has 0 atom stereocenters. The van der Waals surface area contributed by atoms with E-state index in [-0.39, 0.29) is 12.2 Å². The molecule has 0 aliphatic rings. The fraction of sp³-hybridized carbons (Fsp3) is 0.625. The van der Waals surface area contributed by atoms with Crippen LogP contribution in [0.5, 0.6) is 0 Å². The van der Waals surface area contributed by atoms with Gasteiger partial charge in [-0.3, -0.25) is 0 Å². The van der Waals surface area contributed by atoms with Gasteiger partial charge in [0.25, 0.3) is 0 Å². The van der Waals surface area contributed by atoms with Gasteiger partial charge in [-0.1, -0.05) is 90.4 Å². The fourth-order valence-corrected chi connectivity index (χ4v) is 1.71. The highest BCUT2D eigenvalue weighted by atomic mass is 79.9. The van der Waals surface area contributed by atoms with E-state index in [1.807, 2.05) is 13.8 Å². The smallest absolute Gasteiger partial charge is 0.407 e. The first-order valence-electron chi connectivity index (χ1n) is 8.11. The van der Waals surface area contributed by atoms with Crippen molar-refractivity contribution in [2.45, 2.75) is 39.5 Å². The van der Waals surface area contributed by atoms with Crippen molar-refractivity contribution in [1.82, 2.24) is 10.6 Å². The predicted molar refractivity (Wildman–Crippen MR) is 120 cm³/mol. The lowest BCUT2D eigenvalue weighted by atomic mass is 10.4. The van der Waals surface area contributed by atoms with Gasteiger partial charge in [0.2, 0.25) is 0 Å². The van der Waals surface area contributed by atoms with Gasteiger partial charge in [0, 0.05) is 8.96 Å². The maximum Gasteiger partial charge on any atom is 0.407 e. The second-order valence-electron chi connectivity index (χ2n) is 4.80. The number of rotatable bonds is 10. The monoisotopic (exact) mass is 626 g/mol. The normalized spacial score (nSPS) is 11.2. The molecule has 0 saturated carbocycles. The van der Waals surface area contributed by atoms with Crippen molar-refractivity contribution in [2.75, 3.05) is 26.3 Å². The van der Waals surface area contributed by atoms with Crippen LogP contribution >= 0.6 is 63.7 Å². The summed E-state index contributed by atoms with van der Waals surface area (Å²) in [6, 6.07) is 0. The maximum absolute atomic E-state index is 10.9. The number of nitrogens with one attached hydrogen (secondary N) is 2. The van der Waals surface area contributed by atoms with Gasteiger partial charge in [-0.15, -0.1) is 0 Å². The lowest BCUT2D eigenvalue weighted by Gasteiger charge is -2.05. The van der Waals surface area contributed by atoms with Gasteiger partial charge >= 0.3 is 12.2 Å². The minimum absolute atomic E-state index is 0.375. The Bertz CT molecular complexity index is 406. The summed E-state index contributed by atoms with van der Waals surface area (Å²) in [6.07, 6.45) is 3.11. The van der Waals surface area contributed by atoms with Crippen molar-refractivity contribution >= 4 is 75.9 Å². The van der Waals surface area contributed by atoms with Crippen LogP contribution in [-0.2, 0) is 9.47 Å². The molecule has 0 spiro atoms. The fourth-order valence-electron chi connectivity index (χ4n) is 1.11. The second kappa shape index (κ2) is 21.2. The van der Waals surface area contributed by atoms with E-state index in [0.717, 1.165) is 34.6 Å². The van der Waals surface area contributed by atoms with Gasteiger partial charge in [-0.2, -0.15) is 0 Å². The highest BCUT2D eigenvalue weighted by Gasteiger charge is 2.01. The van der Waals surface area contributed by atoms with Gasteiger partial charge in [-0.05, 0) is 22.8 Å². The highest BCUT2D eigenvalue weighted by Crippen LogP contribution is 2.05. The van der Waals surface area contributed by atoms with Crippen LogP contribution in [0.3, 0.4) is 0 Å². The van der Waals surface area contributed by atoms with Crippen molar-refractivity contribution in [3.8, 4) is 0 Å². The van der Waals surface area contributed by atoms with Gasteiger partial charge in [0.05, 0.1) is 26.3 Å². The van der Waals surface area contributed by atoms with Crippen molar-refractivity contribution < 1.29 is 19.1 Å². The summed E-state index contributed by atoms with van der Waals surface area (Å²) in [5.41, 5.74) is 0. The number of hydrogen-bond acceptors (Lipinski definition) is 4. The van der Waals surface area contributed by atoms with Crippen LogP contribution in [0.15, 0.2) is 18.9 Å². The molecule has 152 valence electrons. The van der Waals surface area contributed by atoms with Crippen molar-refractivity contribution in [3.05, 3.63) is 18.9 Å². The van der Waals surface area contributed by atoms with E-state index in [1.165, 1.54) is 0 Å². The van der Waals surface area contributed by atoms with E-state index < -0.39 is 0 Å². The lowest BCUT2D eigenvalue weighted by Crippen LogP contribution is -2.25.